The fourth-order valence-corrected chi connectivity index (χ4v) is 1.34. The van der Waals surface area contributed by atoms with E-state index in [1.807, 2.05) is 0 Å². The minimum Gasteiger partial charge on any atom is -0.378 e. The average molecular weight is 143 g/mol. The summed E-state index contributed by atoms with van der Waals surface area (Å²) in [7, 11) is 1.64. The number of primary amides is 1. The van der Waals surface area contributed by atoms with E-state index in [1.54, 1.807) is 7.11 Å². The molecule has 0 atom stereocenters. The molecule has 0 saturated heterocycles. The molecule has 0 aromatic carbocycles. The summed E-state index contributed by atoms with van der Waals surface area (Å²) in [4.78, 5) is 10.5. The number of nitrogens with two attached hydrogens (primary N) is 1. The Balaban J connectivity index is 2.40. The third-order valence-electron chi connectivity index (χ3n) is 2.19. The summed E-state index contributed by atoms with van der Waals surface area (Å²) in [6.07, 6.45) is 3.49. The highest BCUT2D eigenvalue weighted by molar-refractivity contribution is 5.75. The van der Waals surface area contributed by atoms with Gasteiger partial charge in [-0.2, -0.15) is 0 Å². The molecular formula is C7H13NO2. The predicted molar refractivity (Wildman–Crippen MR) is 37.4 cm³/mol. The van der Waals surface area contributed by atoms with Crippen molar-refractivity contribution >= 4 is 5.91 Å². The van der Waals surface area contributed by atoms with E-state index >= 15 is 0 Å². The quantitative estimate of drug-likeness (QED) is 0.623. The van der Waals surface area contributed by atoms with Crippen LogP contribution in [0.15, 0.2) is 0 Å². The van der Waals surface area contributed by atoms with Gasteiger partial charge < -0.3 is 10.5 Å². The van der Waals surface area contributed by atoms with Crippen LogP contribution in [0.3, 0.4) is 0 Å². The van der Waals surface area contributed by atoms with Gasteiger partial charge >= 0.3 is 0 Å². The zero-order chi connectivity index (χ0) is 7.61. The summed E-state index contributed by atoms with van der Waals surface area (Å²) in [6, 6.07) is 0. The number of methoxy groups -OCH3 is 1. The Labute approximate surface area is 60.5 Å². The second-order valence-corrected chi connectivity index (χ2v) is 2.88. The van der Waals surface area contributed by atoms with Crippen LogP contribution in [0.4, 0.5) is 0 Å². The van der Waals surface area contributed by atoms with Crippen LogP contribution >= 0.6 is 0 Å². The Morgan fingerprint density at radius 2 is 2.30 bits per heavy atom. The van der Waals surface area contributed by atoms with Crippen molar-refractivity contribution in [2.24, 2.45) is 5.73 Å². The number of hydrogen-bond donors (Lipinski definition) is 1. The van der Waals surface area contributed by atoms with Gasteiger partial charge in [0.25, 0.3) is 0 Å². The summed E-state index contributed by atoms with van der Waals surface area (Å²) >= 11 is 0. The third kappa shape index (κ3) is 1.29. The highest BCUT2D eigenvalue weighted by atomic mass is 16.5. The largest absolute Gasteiger partial charge is 0.378 e. The van der Waals surface area contributed by atoms with Gasteiger partial charge in [0, 0.05) is 7.11 Å². The fourth-order valence-electron chi connectivity index (χ4n) is 1.34. The van der Waals surface area contributed by atoms with Crippen LogP contribution in [0.25, 0.3) is 0 Å². The standard InChI is InChI=1S/C7H13NO2/c1-10-7(3-2-4-7)5-6(8)9/h2-5H2,1H3,(H2,8,9). The van der Waals surface area contributed by atoms with Crippen molar-refractivity contribution in [2.75, 3.05) is 7.11 Å². The van der Waals surface area contributed by atoms with Crippen LogP contribution in [0, 0.1) is 0 Å². The highest BCUT2D eigenvalue weighted by Crippen LogP contribution is 2.37. The van der Waals surface area contributed by atoms with Crippen LogP contribution in [0.5, 0.6) is 0 Å². The van der Waals surface area contributed by atoms with E-state index in [0.717, 1.165) is 19.3 Å². The maximum atomic E-state index is 10.5. The molecule has 0 aliphatic heterocycles. The summed E-state index contributed by atoms with van der Waals surface area (Å²) in [5.41, 5.74) is 4.86. The van der Waals surface area contributed by atoms with Gasteiger partial charge in [-0.3, -0.25) is 4.79 Å². The zero-order valence-corrected chi connectivity index (χ0v) is 6.22. The molecule has 10 heavy (non-hydrogen) atoms. The van der Waals surface area contributed by atoms with E-state index in [9.17, 15) is 4.79 Å². The topological polar surface area (TPSA) is 52.3 Å². The van der Waals surface area contributed by atoms with Crippen LogP contribution in [-0.4, -0.2) is 18.6 Å². The van der Waals surface area contributed by atoms with Crippen molar-refractivity contribution < 1.29 is 9.53 Å². The maximum Gasteiger partial charge on any atom is 0.220 e. The first-order valence-electron chi connectivity index (χ1n) is 3.52. The van der Waals surface area contributed by atoms with Crippen LogP contribution in [0.2, 0.25) is 0 Å². The van der Waals surface area contributed by atoms with Gasteiger partial charge in [-0.15, -0.1) is 0 Å². The first-order valence-corrected chi connectivity index (χ1v) is 3.52. The molecule has 1 amide bonds. The lowest BCUT2D eigenvalue weighted by Gasteiger charge is -2.39. The summed E-state index contributed by atoms with van der Waals surface area (Å²) in [5, 5.41) is 0. The molecule has 1 saturated carbocycles. The molecule has 3 nitrogen and oxygen atoms in total. The molecule has 1 aliphatic carbocycles. The maximum absolute atomic E-state index is 10.5. The number of ether oxygens (including phenoxy) is 1. The molecule has 0 heterocycles. The SMILES string of the molecule is COC1(CC(N)=O)CCC1. The summed E-state index contributed by atoms with van der Waals surface area (Å²) in [6.45, 7) is 0. The third-order valence-corrected chi connectivity index (χ3v) is 2.19. The van der Waals surface area contributed by atoms with Crippen LogP contribution in [-0.2, 0) is 9.53 Å². The van der Waals surface area contributed by atoms with E-state index in [0.29, 0.717) is 6.42 Å². The normalized spacial score (nSPS) is 21.7. The number of hydrogen-bond acceptors (Lipinski definition) is 2. The molecule has 1 rings (SSSR count). The minimum atomic E-state index is -0.262. The Hall–Kier alpha value is -0.570. The van der Waals surface area contributed by atoms with Gasteiger partial charge in [0.1, 0.15) is 0 Å². The van der Waals surface area contributed by atoms with Gasteiger partial charge in [0.2, 0.25) is 5.91 Å². The number of carbonyl (C=O) groups is 1. The van der Waals surface area contributed by atoms with Crippen LogP contribution < -0.4 is 5.73 Å². The average Bonchev–Trinajstić information content (AvgIpc) is 1.78. The van der Waals surface area contributed by atoms with E-state index in [2.05, 4.69) is 0 Å². The molecule has 58 valence electrons. The number of carbonyl (C=O) groups excluding carboxylic acids is 1. The lowest BCUT2D eigenvalue weighted by molar-refractivity contribution is -0.131. The molecule has 0 aromatic rings. The van der Waals surface area contributed by atoms with Crippen molar-refractivity contribution in [1.29, 1.82) is 0 Å². The predicted octanol–water partition coefficient (Wildman–Crippen LogP) is 0.431. The van der Waals surface area contributed by atoms with Gasteiger partial charge in [-0.05, 0) is 19.3 Å². The monoisotopic (exact) mass is 143 g/mol. The molecule has 0 unspecified atom stereocenters. The van der Waals surface area contributed by atoms with Gasteiger partial charge in [-0.25, -0.2) is 0 Å². The number of rotatable bonds is 3. The molecular weight excluding hydrogens is 130 g/mol. The first-order chi connectivity index (χ1) is 4.68. The van der Waals surface area contributed by atoms with Crippen molar-refractivity contribution in [3.8, 4) is 0 Å². The summed E-state index contributed by atoms with van der Waals surface area (Å²) in [5.74, 6) is -0.262. The lowest BCUT2D eigenvalue weighted by Crippen LogP contribution is -2.42. The minimum absolute atomic E-state index is 0.189. The van der Waals surface area contributed by atoms with E-state index in [1.165, 1.54) is 0 Å². The smallest absolute Gasteiger partial charge is 0.220 e. The molecule has 0 spiro atoms. The zero-order valence-electron chi connectivity index (χ0n) is 6.22. The van der Waals surface area contributed by atoms with Crippen molar-refractivity contribution in [3.05, 3.63) is 0 Å². The molecule has 0 bridgehead atoms. The second kappa shape index (κ2) is 2.58. The highest BCUT2D eigenvalue weighted by Gasteiger charge is 2.38. The van der Waals surface area contributed by atoms with E-state index in [-0.39, 0.29) is 11.5 Å². The molecule has 0 radical (unpaired) electrons. The lowest BCUT2D eigenvalue weighted by atomic mass is 9.77. The van der Waals surface area contributed by atoms with Crippen LogP contribution in [0.1, 0.15) is 25.7 Å². The van der Waals surface area contributed by atoms with Gasteiger partial charge in [0.05, 0.1) is 12.0 Å². The molecule has 1 aliphatic rings. The Kier molecular flexibility index (Phi) is 1.94. The Morgan fingerprint density at radius 3 is 2.40 bits per heavy atom. The molecule has 2 N–H and O–H groups in total. The molecule has 0 aromatic heterocycles. The Morgan fingerprint density at radius 1 is 1.70 bits per heavy atom. The molecule has 1 fully saturated rings. The van der Waals surface area contributed by atoms with E-state index < -0.39 is 0 Å². The first kappa shape index (κ1) is 7.54. The van der Waals surface area contributed by atoms with Gasteiger partial charge in [0.15, 0.2) is 0 Å². The fraction of sp³-hybridized carbons (Fsp3) is 0.857. The second-order valence-electron chi connectivity index (χ2n) is 2.88. The van der Waals surface area contributed by atoms with Gasteiger partial charge in [-0.1, -0.05) is 0 Å². The van der Waals surface area contributed by atoms with Crippen molar-refractivity contribution in [1.82, 2.24) is 0 Å². The summed E-state index contributed by atoms with van der Waals surface area (Å²) < 4.78 is 5.18. The van der Waals surface area contributed by atoms with E-state index in [4.69, 9.17) is 10.5 Å². The number of amides is 1. The molecule has 3 heteroatoms. The Bertz CT molecular complexity index is 135. The van der Waals surface area contributed by atoms with Crippen molar-refractivity contribution in [2.45, 2.75) is 31.3 Å². The van der Waals surface area contributed by atoms with Crippen molar-refractivity contribution in [3.63, 3.8) is 0 Å².